The molecule has 0 bridgehead atoms. The zero-order valence-electron chi connectivity index (χ0n) is 13.3. The van der Waals surface area contributed by atoms with Gasteiger partial charge in [-0.05, 0) is 30.3 Å². The third-order valence-electron chi connectivity index (χ3n) is 3.81. The smallest absolute Gasteiger partial charge is 0.231 e. The van der Waals surface area contributed by atoms with Crippen LogP contribution in [0, 0.1) is 5.82 Å². The van der Waals surface area contributed by atoms with Gasteiger partial charge in [0.25, 0.3) is 0 Å². The number of hydrogen-bond donors (Lipinski definition) is 2. The summed E-state index contributed by atoms with van der Waals surface area (Å²) in [5.74, 6) is 0.474. The topological polar surface area (TPSA) is 94.5 Å². The second-order valence-electron chi connectivity index (χ2n) is 5.52. The lowest BCUT2D eigenvalue weighted by Crippen LogP contribution is -2.04. The normalized spacial score (nSPS) is 11.0. The average Bonchev–Trinajstić information content (AvgIpc) is 2.98. The predicted molar refractivity (Wildman–Crippen MR) is 93.6 cm³/mol. The summed E-state index contributed by atoms with van der Waals surface area (Å²) in [6.45, 7) is 0. The van der Waals surface area contributed by atoms with E-state index in [9.17, 15) is 4.39 Å². The van der Waals surface area contributed by atoms with Crippen molar-refractivity contribution in [3.63, 3.8) is 0 Å². The minimum atomic E-state index is -0.297. The van der Waals surface area contributed by atoms with Crippen LogP contribution in [-0.2, 0) is 7.05 Å². The molecule has 8 heteroatoms. The molecule has 3 aromatic heterocycles. The van der Waals surface area contributed by atoms with Gasteiger partial charge in [-0.15, -0.1) is 0 Å². The van der Waals surface area contributed by atoms with E-state index in [2.05, 4.69) is 25.3 Å². The molecule has 0 saturated heterocycles. The highest BCUT2D eigenvalue weighted by Crippen LogP contribution is 2.29. The first-order valence-electron chi connectivity index (χ1n) is 7.53. The van der Waals surface area contributed by atoms with Crippen LogP contribution < -0.4 is 11.1 Å². The van der Waals surface area contributed by atoms with E-state index in [-0.39, 0.29) is 5.82 Å². The number of nitrogens with two attached hydrogens (primary N) is 1. The van der Waals surface area contributed by atoms with Crippen molar-refractivity contribution in [1.29, 1.82) is 0 Å². The van der Waals surface area contributed by atoms with Gasteiger partial charge in [-0.25, -0.2) is 19.3 Å². The number of rotatable bonds is 3. The highest BCUT2D eigenvalue weighted by molar-refractivity contribution is 5.92. The maximum Gasteiger partial charge on any atom is 0.231 e. The maximum absolute atomic E-state index is 13.3. The van der Waals surface area contributed by atoms with Gasteiger partial charge in [-0.3, -0.25) is 0 Å². The van der Waals surface area contributed by atoms with Gasteiger partial charge in [0, 0.05) is 24.2 Å². The van der Waals surface area contributed by atoms with E-state index in [1.807, 2.05) is 23.9 Å². The van der Waals surface area contributed by atoms with E-state index >= 15 is 0 Å². The molecule has 0 aliphatic rings. The van der Waals surface area contributed by atoms with Crippen LogP contribution >= 0.6 is 0 Å². The highest BCUT2D eigenvalue weighted by Gasteiger charge is 2.13. The first-order chi connectivity index (χ1) is 12.1. The lowest BCUT2D eigenvalue weighted by atomic mass is 10.1. The molecule has 7 nitrogen and oxygen atoms in total. The molecule has 0 saturated carbocycles. The fourth-order valence-corrected chi connectivity index (χ4v) is 2.57. The summed E-state index contributed by atoms with van der Waals surface area (Å²) >= 11 is 0. The molecule has 0 aliphatic heterocycles. The van der Waals surface area contributed by atoms with Crippen molar-refractivity contribution in [2.24, 2.45) is 7.05 Å². The SMILES string of the molecule is Cn1ccc2c(-c3ccc(F)cc3)nc(Nc3ncncc3N)nc21. The summed E-state index contributed by atoms with van der Waals surface area (Å²) in [5.41, 5.74) is 8.48. The first-order valence-corrected chi connectivity index (χ1v) is 7.53. The number of fused-ring (bicyclic) bond motifs is 1. The van der Waals surface area contributed by atoms with Gasteiger partial charge in [0.1, 0.15) is 17.8 Å². The van der Waals surface area contributed by atoms with Crippen molar-refractivity contribution in [2.45, 2.75) is 0 Å². The summed E-state index contributed by atoms with van der Waals surface area (Å²) in [5, 5.41) is 3.89. The zero-order valence-corrected chi connectivity index (χ0v) is 13.3. The second-order valence-corrected chi connectivity index (χ2v) is 5.52. The van der Waals surface area contributed by atoms with Crippen LogP contribution in [0.2, 0.25) is 0 Å². The molecule has 0 aliphatic carbocycles. The molecule has 1 aromatic carbocycles. The number of anilines is 3. The Labute approximate surface area is 142 Å². The molecule has 25 heavy (non-hydrogen) atoms. The van der Waals surface area contributed by atoms with Crippen molar-refractivity contribution in [3.05, 3.63) is 54.9 Å². The quantitative estimate of drug-likeness (QED) is 0.598. The Morgan fingerprint density at radius 3 is 2.68 bits per heavy atom. The van der Waals surface area contributed by atoms with E-state index in [0.29, 0.717) is 23.1 Å². The van der Waals surface area contributed by atoms with Gasteiger partial charge < -0.3 is 15.6 Å². The van der Waals surface area contributed by atoms with E-state index in [4.69, 9.17) is 5.73 Å². The minimum Gasteiger partial charge on any atom is -0.394 e. The number of aryl methyl sites for hydroxylation is 1. The minimum absolute atomic E-state index is 0.297. The van der Waals surface area contributed by atoms with E-state index in [1.54, 1.807) is 12.1 Å². The van der Waals surface area contributed by atoms with Crippen LogP contribution in [0.1, 0.15) is 0 Å². The van der Waals surface area contributed by atoms with Crippen LogP contribution in [0.25, 0.3) is 22.3 Å². The van der Waals surface area contributed by atoms with E-state index in [0.717, 1.165) is 16.6 Å². The largest absolute Gasteiger partial charge is 0.394 e. The van der Waals surface area contributed by atoms with Gasteiger partial charge in [0.15, 0.2) is 5.82 Å². The molecule has 0 fully saturated rings. The Morgan fingerprint density at radius 2 is 1.92 bits per heavy atom. The molecule has 124 valence electrons. The number of aromatic nitrogens is 5. The third-order valence-corrected chi connectivity index (χ3v) is 3.81. The third kappa shape index (κ3) is 2.74. The van der Waals surface area contributed by atoms with Gasteiger partial charge in [-0.1, -0.05) is 0 Å². The lowest BCUT2D eigenvalue weighted by molar-refractivity contribution is 0.628. The van der Waals surface area contributed by atoms with Crippen LogP contribution in [0.15, 0.2) is 49.1 Å². The van der Waals surface area contributed by atoms with Gasteiger partial charge in [0.2, 0.25) is 5.95 Å². The molecule has 0 atom stereocenters. The average molecular weight is 335 g/mol. The molecular weight excluding hydrogens is 321 g/mol. The van der Waals surface area contributed by atoms with Crippen molar-refractivity contribution >= 4 is 28.5 Å². The molecule has 0 radical (unpaired) electrons. The van der Waals surface area contributed by atoms with Gasteiger partial charge >= 0.3 is 0 Å². The number of nitrogens with zero attached hydrogens (tertiary/aromatic N) is 5. The van der Waals surface area contributed by atoms with Crippen molar-refractivity contribution < 1.29 is 4.39 Å². The number of hydrogen-bond acceptors (Lipinski definition) is 6. The fourth-order valence-electron chi connectivity index (χ4n) is 2.57. The summed E-state index contributed by atoms with van der Waals surface area (Å²) in [6, 6.07) is 8.11. The molecule has 3 N–H and O–H groups in total. The number of halogens is 1. The zero-order chi connectivity index (χ0) is 17.4. The summed E-state index contributed by atoms with van der Waals surface area (Å²) in [6.07, 6.45) is 4.78. The van der Waals surface area contributed by atoms with Crippen LogP contribution in [-0.4, -0.2) is 24.5 Å². The molecule has 4 aromatic rings. The molecule has 3 heterocycles. The Hall–Kier alpha value is -3.55. The number of benzene rings is 1. The van der Waals surface area contributed by atoms with Crippen LogP contribution in [0.3, 0.4) is 0 Å². The van der Waals surface area contributed by atoms with E-state index in [1.165, 1.54) is 24.7 Å². The fraction of sp³-hybridized carbons (Fsp3) is 0.0588. The molecule has 0 unspecified atom stereocenters. The molecule has 4 rings (SSSR count). The lowest BCUT2D eigenvalue weighted by Gasteiger charge is -2.10. The monoisotopic (exact) mass is 335 g/mol. The Bertz CT molecular complexity index is 1060. The van der Waals surface area contributed by atoms with Crippen molar-refractivity contribution in [3.8, 4) is 11.3 Å². The summed E-state index contributed by atoms with van der Waals surface area (Å²) in [4.78, 5) is 17.1. The standard InChI is InChI=1S/C17H14FN7/c1-25-7-6-12-14(10-2-4-11(18)5-3-10)22-17(24-16(12)25)23-15-13(19)8-20-9-21-15/h2-9H,19H2,1H3,(H,20,21,22,23,24). The molecule has 0 spiro atoms. The van der Waals surface area contributed by atoms with Crippen LogP contribution in [0.5, 0.6) is 0 Å². The molecular formula is C17H14FN7. The second kappa shape index (κ2) is 5.82. The van der Waals surface area contributed by atoms with Gasteiger partial charge in [-0.2, -0.15) is 4.98 Å². The van der Waals surface area contributed by atoms with Crippen LogP contribution in [0.4, 0.5) is 21.8 Å². The predicted octanol–water partition coefficient (Wildman–Crippen LogP) is 2.89. The highest BCUT2D eigenvalue weighted by atomic mass is 19.1. The van der Waals surface area contributed by atoms with Crippen molar-refractivity contribution in [1.82, 2.24) is 24.5 Å². The van der Waals surface area contributed by atoms with E-state index < -0.39 is 0 Å². The summed E-state index contributed by atoms with van der Waals surface area (Å²) < 4.78 is 15.1. The van der Waals surface area contributed by atoms with Gasteiger partial charge in [0.05, 0.1) is 17.6 Å². The summed E-state index contributed by atoms with van der Waals surface area (Å²) in [7, 11) is 1.90. The number of nitrogens with one attached hydrogen (secondary N) is 1. The maximum atomic E-state index is 13.3. The Balaban J connectivity index is 1.87. The Kier molecular flexibility index (Phi) is 3.50. The number of nitrogen functional groups attached to an aromatic ring is 1. The first kappa shape index (κ1) is 15.0. The molecule has 0 amide bonds. The van der Waals surface area contributed by atoms with Crippen molar-refractivity contribution in [2.75, 3.05) is 11.1 Å². The Morgan fingerprint density at radius 1 is 1.12 bits per heavy atom.